The molecule has 0 aliphatic carbocycles. The number of aryl methyl sites for hydroxylation is 1. The summed E-state index contributed by atoms with van der Waals surface area (Å²) in [6.07, 6.45) is 0. The van der Waals surface area contributed by atoms with Crippen LogP contribution in [-0.2, 0) is 10.2 Å². The molecule has 4 aromatic rings. The van der Waals surface area contributed by atoms with Crippen LogP contribution in [0.4, 0.5) is 0 Å². The number of methoxy groups -OCH3 is 1. The smallest absolute Gasteiger partial charge is 0.250 e. The van der Waals surface area contributed by atoms with Crippen molar-refractivity contribution in [2.75, 3.05) is 12.9 Å². The largest absolute Gasteiger partial charge is 0.497 e. The molecule has 0 unspecified atom stereocenters. The average molecular weight is 528 g/mol. The SMILES string of the molecule is COc1ccc(C(C)=NNC(=O)CSc2nnc(-c3ccc(C(C)(C)C)cc3)n2-c2ccc(C)cc2)cc1. The summed E-state index contributed by atoms with van der Waals surface area (Å²) < 4.78 is 7.19. The highest BCUT2D eigenvalue weighted by Crippen LogP contribution is 2.30. The highest BCUT2D eigenvalue weighted by atomic mass is 32.2. The monoisotopic (exact) mass is 527 g/mol. The van der Waals surface area contributed by atoms with Crippen molar-refractivity contribution in [3.63, 3.8) is 0 Å². The molecule has 0 aliphatic rings. The highest BCUT2D eigenvalue weighted by Gasteiger charge is 2.19. The van der Waals surface area contributed by atoms with Crippen LogP contribution in [-0.4, -0.2) is 39.2 Å². The summed E-state index contributed by atoms with van der Waals surface area (Å²) in [7, 11) is 1.62. The lowest BCUT2D eigenvalue weighted by molar-refractivity contribution is -0.118. The van der Waals surface area contributed by atoms with Gasteiger partial charge in [0.2, 0.25) is 0 Å². The Balaban J connectivity index is 1.53. The number of amides is 1. The number of aromatic nitrogens is 3. The number of hydrogen-bond acceptors (Lipinski definition) is 6. The average Bonchev–Trinajstić information content (AvgIpc) is 3.34. The van der Waals surface area contributed by atoms with E-state index >= 15 is 0 Å². The number of thioether (sulfide) groups is 1. The van der Waals surface area contributed by atoms with Gasteiger partial charge in [-0.05, 0) is 66.8 Å². The summed E-state index contributed by atoms with van der Waals surface area (Å²) in [6, 6.07) is 24.1. The fourth-order valence-electron chi connectivity index (χ4n) is 3.80. The quantitative estimate of drug-likeness (QED) is 0.168. The van der Waals surface area contributed by atoms with Crippen molar-refractivity contribution in [1.82, 2.24) is 20.2 Å². The molecule has 7 nitrogen and oxygen atoms in total. The Morgan fingerprint density at radius 2 is 1.63 bits per heavy atom. The van der Waals surface area contributed by atoms with Gasteiger partial charge in [0.25, 0.3) is 5.91 Å². The van der Waals surface area contributed by atoms with Crippen LogP contribution in [0.1, 0.15) is 44.4 Å². The molecule has 0 radical (unpaired) electrons. The zero-order chi connectivity index (χ0) is 27.3. The number of nitrogens with one attached hydrogen (secondary N) is 1. The third kappa shape index (κ3) is 6.50. The van der Waals surface area contributed by atoms with Gasteiger partial charge in [-0.15, -0.1) is 10.2 Å². The van der Waals surface area contributed by atoms with Gasteiger partial charge in [-0.25, -0.2) is 5.43 Å². The van der Waals surface area contributed by atoms with Crippen LogP contribution in [0.25, 0.3) is 17.1 Å². The first-order chi connectivity index (χ1) is 18.2. The number of carbonyl (C=O) groups excluding carboxylic acids is 1. The maximum atomic E-state index is 12.6. The number of hydrazone groups is 1. The number of carbonyl (C=O) groups is 1. The third-order valence-electron chi connectivity index (χ3n) is 6.12. The number of hydrogen-bond donors (Lipinski definition) is 1. The fourth-order valence-corrected chi connectivity index (χ4v) is 4.55. The van der Waals surface area contributed by atoms with Gasteiger partial charge >= 0.3 is 0 Å². The van der Waals surface area contributed by atoms with Crippen LogP contribution in [0.15, 0.2) is 83.1 Å². The lowest BCUT2D eigenvalue weighted by Crippen LogP contribution is -2.21. The molecule has 196 valence electrons. The third-order valence-corrected chi connectivity index (χ3v) is 7.05. The number of rotatable bonds is 8. The molecule has 1 aromatic heterocycles. The molecule has 3 aromatic carbocycles. The van der Waals surface area contributed by atoms with E-state index in [1.807, 2.05) is 47.9 Å². The number of benzene rings is 3. The molecule has 0 fully saturated rings. The zero-order valence-corrected chi connectivity index (χ0v) is 23.5. The lowest BCUT2D eigenvalue weighted by atomic mass is 9.87. The Morgan fingerprint density at radius 1 is 0.974 bits per heavy atom. The summed E-state index contributed by atoms with van der Waals surface area (Å²) in [5.74, 6) is 1.42. The van der Waals surface area contributed by atoms with Crippen molar-refractivity contribution in [2.45, 2.75) is 45.2 Å². The molecule has 1 heterocycles. The Kier molecular flexibility index (Phi) is 8.32. The van der Waals surface area contributed by atoms with E-state index in [4.69, 9.17) is 4.74 Å². The van der Waals surface area contributed by atoms with Gasteiger partial charge < -0.3 is 4.74 Å². The van der Waals surface area contributed by atoms with Gasteiger partial charge in [-0.2, -0.15) is 5.10 Å². The van der Waals surface area contributed by atoms with Gasteiger partial charge in [0.05, 0.1) is 18.6 Å². The molecule has 1 amide bonds. The van der Waals surface area contributed by atoms with E-state index in [1.165, 1.54) is 17.3 Å². The van der Waals surface area contributed by atoms with E-state index in [1.54, 1.807) is 7.11 Å². The maximum absolute atomic E-state index is 12.6. The molecule has 0 spiro atoms. The van der Waals surface area contributed by atoms with Crippen molar-refractivity contribution < 1.29 is 9.53 Å². The van der Waals surface area contributed by atoms with Crippen LogP contribution >= 0.6 is 11.8 Å². The Hall–Kier alpha value is -3.91. The topological polar surface area (TPSA) is 81.4 Å². The molecule has 0 atom stereocenters. The molecule has 38 heavy (non-hydrogen) atoms. The van der Waals surface area contributed by atoms with E-state index < -0.39 is 0 Å². The van der Waals surface area contributed by atoms with E-state index in [-0.39, 0.29) is 17.1 Å². The van der Waals surface area contributed by atoms with Gasteiger partial charge in [0.15, 0.2) is 11.0 Å². The van der Waals surface area contributed by atoms with Crippen LogP contribution in [0.5, 0.6) is 5.75 Å². The number of nitrogens with zero attached hydrogens (tertiary/aromatic N) is 4. The van der Waals surface area contributed by atoms with Crippen LogP contribution < -0.4 is 10.2 Å². The summed E-state index contributed by atoms with van der Waals surface area (Å²) in [5, 5.41) is 13.8. The first kappa shape index (κ1) is 27.1. The summed E-state index contributed by atoms with van der Waals surface area (Å²) in [4.78, 5) is 12.6. The minimum atomic E-state index is -0.225. The van der Waals surface area contributed by atoms with Crippen molar-refractivity contribution in [3.05, 3.63) is 89.5 Å². The van der Waals surface area contributed by atoms with E-state index in [0.29, 0.717) is 10.9 Å². The van der Waals surface area contributed by atoms with Crippen LogP contribution in [0, 0.1) is 6.92 Å². The first-order valence-electron chi connectivity index (χ1n) is 12.4. The molecule has 8 heteroatoms. The fraction of sp³-hybridized carbons (Fsp3) is 0.267. The minimum Gasteiger partial charge on any atom is -0.497 e. The summed E-state index contributed by atoms with van der Waals surface area (Å²) >= 11 is 1.32. The summed E-state index contributed by atoms with van der Waals surface area (Å²) in [5.41, 5.74) is 8.62. The van der Waals surface area contributed by atoms with Gasteiger partial charge in [-0.3, -0.25) is 9.36 Å². The summed E-state index contributed by atoms with van der Waals surface area (Å²) in [6.45, 7) is 10.5. The number of ether oxygens (including phenoxy) is 1. The molecule has 0 aliphatic heterocycles. The Bertz CT molecular complexity index is 1420. The molecule has 0 saturated heterocycles. The highest BCUT2D eigenvalue weighted by molar-refractivity contribution is 7.99. The van der Waals surface area contributed by atoms with Crippen molar-refractivity contribution in [1.29, 1.82) is 0 Å². The molecular weight excluding hydrogens is 494 g/mol. The van der Waals surface area contributed by atoms with E-state index in [9.17, 15) is 4.79 Å². The van der Waals surface area contributed by atoms with Crippen molar-refractivity contribution in [2.24, 2.45) is 5.10 Å². The predicted molar refractivity (Wildman–Crippen MR) is 154 cm³/mol. The second-order valence-corrected chi connectivity index (χ2v) is 11.0. The van der Waals surface area contributed by atoms with Crippen molar-refractivity contribution >= 4 is 23.4 Å². The van der Waals surface area contributed by atoms with Gasteiger partial charge in [0.1, 0.15) is 5.75 Å². The first-order valence-corrected chi connectivity index (χ1v) is 13.4. The van der Waals surface area contributed by atoms with E-state index in [2.05, 4.69) is 84.8 Å². The van der Waals surface area contributed by atoms with Gasteiger partial charge in [0, 0.05) is 11.3 Å². The lowest BCUT2D eigenvalue weighted by Gasteiger charge is -2.19. The molecule has 0 bridgehead atoms. The molecule has 4 rings (SSSR count). The van der Waals surface area contributed by atoms with Crippen LogP contribution in [0.3, 0.4) is 0 Å². The normalized spacial score (nSPS) is 11.9. The zero-order valence-electron chi connectivity index (χ0n) is 22.6. The Morgan fingerprint density at radius 3 is 2.24 bits per heavy atom. The second kappa shape index (κ2) is 11.6. The Labute approximate surface area is 228 Å². The second-order valence-electron chi connectivity index (χ2n) is 10.1. The predicted octanol–water partition coefficient (Wildman–Crippen LogP) is 6.18. The van der Waals surface area contributed by atoms with Gasteiger partial charge in [-0.1, -0.05) is 74.5 Å². The standard InChI is InChI=1S/C30H33N5O2S/c1-20-7-15-25(16-8-20)35-28(23-9-13-24(14-10-23)30(3,4)5)33-34-29(35)38-19-27(36)32-31-21(2)22-11-17-26(37-6)18-12-22/h7-18H,19H2,1-6H3,(H,32,36). The molecule has 0 saturated carbocycles. The molecule has 1 N–H and O–H groups in total. The maximum Gasteiger partial charge on any atom is 0.250 e. The van der Waals surface area contributed by atoms with Crippen molar-refractivity contribution in [3.8, 4) is 22.8 Å². The minimum absolute atomic E-state index is 0.0613. The molecular formula is C30H33N5O2S. The van der Waals surface area contributed by atoms with Crippen LogP contribution in [0.2, 0.25) is 0 Å². The van der Waals surface area contributed by atoms with E-state index in [0.717, 1.165) is 34.0 Å².